The number of nitrogens with zero attached hydrogens (tertiary/aromatic N) is 2. The lowest BCUT2D eigenvalue weighted by Gasteiger charge is -2.12. The number of hydrogen-bond acceptors (Lipinski definition) is 5. The molecule has 0 saturated carbocycles. The highest BCUT2D eigenvalue weighted by molar-refractivity contribution is 5.49. The van der Waals surface area contributed by atoms with Crippen molar-refractivity contribution in [1.82, 2.24) is 10.1 Å². The summed E-state index contributed by atoms with van der Waals surface area (Å²) >= 11 is 0. The van der Waals surface area contributed by atoms with Gasteiger partial charge in [-0.2, -0.15) is 0 Å². The highest BCUT2D eigenvalue weighted by Crippen LogP contribution is 2.23. The Morgan fingerprint density at radius 2 is 2.39 bits per heavy atom. The molecule has 5 heteroatoms. The summed E-state index contributed by atoms with van der Waals surface area (Å²) in [5, 5.41) is 13.2. The molecule has 0 aromatic carbocycles. The summed E-state index contributed by atoms with van der Waals surface area (Å²) in [6, 6.07) is 5.58. The molecule has 1 aliphatic rings. The second kappa shape index (κ2) is 4.96. The number of aliphatic hydroxyl groups excluding tert-OH is 1. The molecule has 3 heterocycles. The minimum atomic E-state index is 0.271. The minimum Gasteiger partial charge on any atom is -0.461 e. The lowest BCUT2D eigenvalue weighted by Crippen LogP contribution is -2.21. The molecule has 0 bridgehead atoms. The van der Waals surface area contributed by atoms with Crippen molar-refractivity contribution >= 4 is 0 Å². The zero-order valence-electron chi connectivity index (χ0n) is 10.1. The van der Waals surface area contributed by atoms with Gasteiger partial charge in [0.2, 0.25) is 5.76 Å². The molecule has 0 spiro atoms. The second-order valence-electron chi connectivity index (χ2n) is 4.73. The lowest BCUT2D eigenvalue weighted by atomic mass is 10.1. The Kier molecular flexibility index (Phi) is 3.17. The van der Waals surface area contributed by atoms with E-state index in [1.807, 2.05) is 18.2 Å². The Morgan fingerprint density at radius 1 is 1.44 bits per heavy atom. The van der Waals surface area contributed by atoms with E-state index < -0.39 is 0 Å². The number of aliphatic hydroxyl groups is 1. The van der Waals surface area contributed by atoms with Crippen LogP contribution in [0, 0.1) is 5.92 Å². The van der Waals surface area contributed by atoms with E-state index in [4.69, 9.17) is 14.0 Å². The molecule has 3 rings (SSSR count). The van der Waals surface area contributed by atoms with Crippen LogP contribution in [0.2, 0.25) is 0 Å². The predicted molar refractivity (Wildman–Crippen MR) is 64.7 cm³/mol. The third-order valence-corrected chi connectivity index (χ3v) is 3.34. The van der Waals surface area contributed by atoms with Crippen LogP contribution in [0.5, 0.6) is 0 Å². The molecule has 2 aromatic rings. The Hall–Kier alpha value is -1.59. The van der Waals surface area contributed by atoms with Crippen molar-refractivity contribution in [3.05, 3.63) is 30.2 Å². The Labute approximate surface area is 105 Å². The fourth-order valence-electron chi connectivity index (χ4n) is 2.36. The quantitative estimate of drug-likeness (QED) is 0.893. The first-order valence-corrected chi connectivity index (χ1v) is 6.18. The maximum atomic E-state index is 9.11. The van der Waals surface area contributed by atoms with E-state index in [0.29, 0.717) is 17.4 Å². The summed E-state index contributed by atoms with van der Waals surface area (Å²) < 4.78 is 10.5. The normalized spacial score (nSPS) is 20.6. The molecule has 1 aliphatic heterocycles. The molecule has 1 saturated heterocycles. The van der Waals surface area contributed by atoms with Gasteiger partial charge in [-0.1, -0.05) is 5.16 Å². The number of likely N-dealkylation sites (tertiary alicyclic amines) is 1. The standard InChI is InChI=1S/C13H16N2O3/c16-9-10-3-4-15(7-10)8-11-6-13(18-14-11)12-2-1-5-17-12/h1-2,5-6,10,16H,3-4,7-9H2. The largest absolute Gasteiger partial charge is 0.461 e. The number of hydrogen-bond donors (Lipinski definition) is 1. The van der Waals surface area contributed by atoms with E-state index in [1.165, 1.54) is 0 Å². The summed E-state index contributed by atoms with van der Waals surface area (Å²) in [6.07, 6.45) is 2.67. The van der Waals surface area contributed by atoms with Crippen molar-refractivity contribution in [2.45, 2.75) is 13.0 Å². The summed E-state index contributed by atoms with van der Waals surface area (Å²) in [4.78, 5) is 2.28. The van der Waals surface area contributed by atoms with Gasteiger partial charge in [0.05, 0.1) is 12.0 Å². The molecular formula is C13H16N2O3. The summed E-state index contributed by atoms with van der Waals surface area (Å²) in [5.41, 5.74) is 0.903. The number of rotatable bonds is 4. The molecule has 1 fully saturated rings. The lowest BCUT2D eigenvalue weighted by molar-refractivity contribution is 0.219. The third kappa shape index (κ3) is 2.32. The van der Waals surface area contributed by atoms with Gasteiger partial charge in [-0.3, -0.25) is 4.90 Å². The Morgan fingerprint density at radius 3 is 3.11 bits per heavy atom. The summed E-state index contributed by atoms with van der Waals surface area (Å²) in [5.74, 6) is 1.76. The van der Waals surface area contributed by atoms with E-state index in [0.717, 1.165) is 31.7 Å². The molecule has 0 amide bonds. The molecule has 96 valence electrons. The predicted octanol–water partition coefficient (Wildman–Crippen LogP) is 1.75. The Bertz CT molecular complexity index is 492. The van der Waals surface area contributed by atoms with Crippen LogP contribution < -0.4 is 0 Å². The Balaban J connectivity index is 1.64. The molecule has 5 nitrogen and oxygen atoms in total. The highest BCUT2D eigenvalue weighted by Gasteiger charge is 2.22. The monoisotopic (exact) mass is 248 g/mol. The van der Waals surface area contributed by atoms with Gasteiger partial charge in [0.25, 0.3) is 0 Å². The molecule has 0 radical (unpaired) electrons. The van der Waals surface area contributed by atoms with E-state index in [-0.39, 0.29) is 6.61 Å². The topological polar surface area (TPSA) is 62.6 Å². The van der Waals surface area contributed by atoms with Gasteiger partial charge >= 0.3 is 0 Å². The van der Waals surface area contributed by atoms with E-state index in [2.05, 4.69) is 10.1 Å². The van der Waals surface area contributed by atoms with Crippen molar-refractivity contribution in [3.63, 3.8) is 0 Å². The minimum absolute atomic E-state index is 0.271. The summed E-state index contributed by atoms with van der Waals surface area (Å²) in [6.45, 7) is 2.97. The van der Waals surface area contributed by atoms with Gasteiger partial charge in [-0.25, -0.2) is 0 Å². The first kappa shape index (κ1) is 11.5. The fraction of sp³-hybridized carbons (Fsp3) is 0.462. The summed E-state index contributed by atoms with van der Waals surface area (Å²) in [7, 11) is 0. The third-order valence-electron chi connectivity index (χ3n) is 3.34. The molecule has 2 aromatic heterocycles. The van der Waals surface area contributed by atoms with Crippen LogP contribution in [0.1, 0.15) is 12.1 Å². The van der Waals surface area contributed by atoms with Crippen molar-refractivity contribution in [2.24, 2.45) is 5.92 Å². The molecule has 1 atom stereocenters. The van der Waals surface area contributed by atoms with E-state index in [1.54, 1.807) is 6.26 Å². The van der Waals surface area contributed by atoms with Crippen molar-refractivity contribution in [1.29, 1.82) is 0 Å². The van der Waals surface area contributed by atoms with Crippen LogP contribution >= 0.6 is 0 Å². The molecule has 1 N–H and O–H groups in total. The van der Waals surface area contributed by atoms with Gasteiger partial charge in [0.15, 0.2) is 5.76 Å². The van der Waals surface area contributed by atoms with Crippen LogP contribution in [0.25, 0.3) is 11.5 Å². The van der Waals surface area contributed by atoms with Crippen LogP contribution in [-0.2, 0) is 6.54 Å². The first-order chi connectivity index (χ1) is 8.85. The SMILES string of the molecule is OCC1CCN(Cc2cc(-c3ccco3)on2)C1. The number of furan rings is 1. The van der Waals surface area contributed by atoms with Crippen LogP contribution in [0.15, 0.2) is 33.4 Å². The van der Waals surface area contributed by atoms with E-state index in [9.17, 15) is 0 Å². The van der Waals surface area contributed by atoms with Crippen LogP contribution in [0.4, 0.5) is 0 Å². The van der Waals surface area contributed by atoms with Gasteiger partial charge in [0.1, 0.15) is 0 Å². The van der Waals surface area contributed by atoms with Crippen molar-refractivity contribution in [2.75, 3.05) is 19.7 Å². The average Bonchev–Trinajstić information content (AvgIpc) is 3.10. The van der Waals surface area contributed by atoms with Gasteiger partial charge in [-0.15, -0.1) is 0 Å². The molecule has 1 unspecified atom stereocenters. The molecule has 18 heavy (non-hydrogen) atoms. The molecular weight excluding hydrogens is 232 g/mol. The smallest absolute Gasteiger partial charge is 0.202 e. The first-order valence-electron chi connectivity index (χ1n) is 6.18. The zero-order chi connectivity index (χ0) is 12.4. The van der Waals surface area contributed by atoms with Crippen LogP contribution in [-0.4, -0.2) is 34.9 Å². The maximum absolute atomic E-state index is 9.11. The van der Waals surface area contributed by atoms with Gasteiger partial charge < -0.3 is 14.0 Å². The molecule has 0 aliphatic carbocycles. The second-order valence-corrected chi connectivity index (χ2v) is 4.73. The van der Waals surface area contributed by atoms with Gasteiger partial charge in [0, 0.05) is 25.8 Å². The van der Waals surface area contributed by atoms with Crippen molar-refractivity contribution < 1.29 is 14.0 Å². The fourth-order valence-corrected chi connectivity index (χ4v) is 2.36. The van der Waals surface area contributed by atoms with E-state index >= 15 is 0 Å². The van der Waals surface area contributed by atoms with Gasteiger partial charge in [-0.05, 0) is 31.0 Å². The average molecular weight is 248 g/mol. The number of aromatic nitrogens is 1. The maximum Gasteiger partial charge on any atom is 0.202 e. The van der Waals surface area contributed by atoms with Crippen molar-refractivity contribution in [3.8, 4) is 11.5 Å². The zero-order valence-corrected chi connectivity index (χ0v) is 10.1. The highest BCUT2D eigenvalue weighted by atomic mass is 16.5. The van der Waals surface area contributed by atoms with Crippen LogP contribution in [0.3, 0.4) is 0 Å².